The van der Waals surface area contributed by atoms with Crippen molar-refractivity contribution in [2.75, 3.05) is 33.4 Å². The number of hydrogen-bond acceptors (Lipinski definition) is 5. The lowest BCUT2D eigenvalue weighted by molar-refractivity contribution is -0.0929. The van der Waals surface area contributed by atoms with Crippen LogP contribution in [0.2, 0.25) is 0 Å². The number of aromatic nitrogens is 2. The lowest BCUT2D eigenvalue weighted by Crippen LogP contribution is -2.41. The topological polar surface area (TPSA) is 65.8 Å². The van der Waals surface area contributed by atoms with E-state index in [4.69, 9.17) is 19.3 Å². The molecule has 1 aromatic heterocycles. The van der Waals surface area contributed by atoms with Crippen molar-refractivity contribution in [3.8, 4) is 0 Å². The highest BCUT2D eigenvalue weighted by molar-refractivity contribution is 5.94. The highest BCUT2D eigenvalue weighted by Crippen LogP contribution is 2.40. The molecule has 0 aromatic carbocycles. The van der Waals surface area contributed by atoms with Gasteiger partial charge in [0.05, 0.1) is 43.3 Å². The van der Waals surface area contributed by atoms with Crippen molar-refractivity contribution in [3.63, 3.8) is 0 Å². The van der Waals surface area contributed by atoms with Crippen LogP contribution in [-0.4, -0.2) is 65.7 Å². The molecule has 27 heavy (non-hydrogen) atoms. The van der Waals surface area contributed by atoms with E-state index >= 15 is 0 Å². The van der Waals surface area contributed by atoms with Crippen molar-refractivity contribution < 1.29 is 19.0 Å². The molecule has 0 radical (unpaired) electrons. The van der Waals surface area contributed by atoms with Crippen LogP contribution >= 0.6 is 0 Å². The normalized spacial score (nSPS) is 27.1. The van der Waals surface area contributed by atoms with Gasteiger partial charge < -0.3 is 19.1 Å². The molecule has 1 amide bonds. The Morgan fingerprint density at radius 2 is 2.11 bits per heavy atom. The van der Waals surface area contributed by atoms with Crippen LogP contribution in [0.5, 0.6) is 0 Å². The third-order valence-electron chi connectivity index (χ3n) is 6.26. The number of hydrogen-bond donors (Lipinski definition) is 0. The summed E-state index contributed by atoms with van der Waals surface area (Å²) in [6.07, 6.45) is 5.15. The van der Waals surface area contributed by atoms with Gasteiger partial charge in [-0.05, 0) is 39.5 Å². The minimum Gasteiger partial charge on any atom is -0.383 e. The Hall–Kier alpha value is -1.44. The van der Waals surface area contributed by atoms with E-state index in [0.29, 0.717) is 32.0 Å². The highest BCUT2D eigenvalue weighted by atomic mass is 16.5. The molecule has 7 nitrogen and oxygen atoms in total. The quantitative estimate of drug-likeness (QED) is 0.806. The first kappa shape index (κ1) is 18.9. The molecule has 2 aliphatic heterocycles. The molecule has 1 aromatic rings. The Labute approximate surface area is 160 Å². The number of carbonyl (C=O) groups excluding carboxylic acids is 1. The fourth-order valence-corrected chi connectivity index (χ4v) is 4.59. The van der Waals surface area contributed by atoms with Gasteiger partial charge in [-0.25, -0.2) is 0 Å². The molecule has 0 N–H and O–H groups in total. The van der Waals surface area contributed by atoms with Gasteiger partial charge in [0.25, 0.3) is 5.91 Å². The first-order chi connectivity index (χ1) is 13.0. The molecule has 3 aliphatic rings. The van der Waals surface area contributed by atoms with E-state index in [1.54, 1.807) is 7.11 Å². The Balaban J connectivity index is 1.61. The molecule has 1 saturated carbocycles. The standard InChI is InChI=1S/C20H31N3O4/c1-14-13-16-17(15(2)27-14)21-23(10-11-25-3)18(16)19(24)22-8-7-20(5-4-6-20)26-12-9-22/h14-15H,4-13H2,1-3H3/t14-,15+/m0/s1. The second-order valence-electron chi connectivity index (χ2n) is 8.15. The maximum Gasteiger partial charge on any atom is 0.272 e. The summed E-state index contributed by atoms with van der Waals surface area (Å²) in [6.45, 7) is 7.18. The molecule has 4 rings (SSSR count). The van der Waals surface area contributed by atoms with E-state index < -0.39 is 0 Å². The molecule has 2 atom stereocenters. The molecule has 0 unspecified atom stereocenters. The van der Waals surface area contributed by atoms with E-state index in [1.165, 1.54) is 6.42 Å². The monoisotopic (exact) mass is 377 g/mol. The smallest absolute Gasteiger partial charge is 0.272 e. The average molecular weight is 377 g/mol. The minimum absolute atomic E-state index is 0.0294. The predicted octanol–water partition coefficient (Wildman–Crippen LogP) is 2.34. The number of nitrogens with zero attached hydrogens (tertiary/aromatic N) is 3. The summed E-state index contributed by atoms with van der Waals surface area (Å²) >= 11 is 0. The average Bonchev–Trinajstić information content (AvgIpc) is 2.81. The first-order valence-electron chi connectivity index (χ1n) is 10.2. The number of amides is 1. The van der Waals surface area contributed by atoms with Crippen LogP contribution in [0.25, 0.3) is 0 Å². The zero-order chi connectivity index (χ0) is 19.0. The number of fused-ring (bicyclic) bond motifs is 1. The second kappa shape index (κ2) is 7.53. The van der Waals surface area contributed by atoms with Gasteiger partial charge >= 0.3 is 0 Å². The van der Waals surface area contributed by atoms with Crippen molar-refractivity contribution in [1.29, 1.82) is 0 Å². The summed E-state index contributed by atoms with van der Waals surface area (Å²) in [5, 5.41) is 4.73. The van der Waals surface area contributed by atoms with Crippen molar-refractivity contribution in [1.82, 2.24) is 14.7 Å². The van der Waals surface area contributed by atoms with Crippen LogP contribution in [0.15, 0.2) is 0 Å². The zero-order valence-corrected chi connectivity index (χ0v) is 16.7. The maximum absolute atomic E-state index is 13.5. The van der Waals surface area contributed by atoms with Crippen molar-refractivity contribution in [2.45, 2.75) is 70.3 Å². The Morgan fingerprint density at radius 1 is 1.30 bits per heavy atom. The van der Waals surface area contributed by atoms with Crippen molar-refractivity contribution in [3.05, 3.63) is 17.0 Å². The van der Waals surface area contributed by atoms with Gasteiger partial charge in [0, 0.05) is 32.2 Å². The molecular weight excluding hydrogens is 346 g/mol. The van der Waals surface area contributed by atoms with E-state index in [2.05, 4.69) is 6.92 Å². The third kappa shape index (κ3) is 3.52. The van der Waals surface area contributed by atoms with E-state index in [-0.39, 0.29) is 23.7 Å². The van der Waals surface area contributed by atoms with Gasteiger partial charge in [-0.3, -0.25) is 9.48 Å². The summed E-state index contributed by atoms with van der Waals surface area (Å²) in [4.78, 5) is 15.5. The van der Waals surface area contributed by atoms with Crippen LogP contribution in [0.4, 0.5) is 0 Å². The fraction of sp³-hybridized carbons (Fsp3) is 0.800. The Bertz CT molecular complexity index is 698. The van der Waals surface area contributed by atoms with Crippen LogP contribution in [0, 0.1) is 0 Å². The number of rotatable bonds is 4. The van der Waals surface area contributed by atoms with Crippen LogP contribution in [0.3, 0.4) is 0 Å². The van der Waals surface area contributed by atoms with Crippen LogP contribution in [-0.2, 0) is 27.2 Å². The first-order valence-corrected chi connectivity index (χ1v) is 10.2. The molecule has 1 aliphatic carbocycles. The molecule has 7 heteroatoms. The Kier molecular flexibility index (Phi) is 5.27. The summed E-state index contributed by atoms with van der Waals surface area (Å²) in [5.41, 5.74) is 2.69. The number of methoxy groups -OCH3 is 1. The van der Waals surface area contributed by atoms with Gasteiger partial charge in [-0.1, -0.05) is 0 Å². The minimum atomic E-state index is -0.0928. The summed E-state index contributed by atoms with van der Waals surface area (Å²) in [7, 11) is 1.67. The summed E-state index contributed by atoms with van der Waals surface area (Å²) in [6, 6.07) is 0. The molecule has 150 valence electrons. The molecule has 1 saturated heterocycles. The zero-order valence-electron chi connectivity index (χ0n) is 16.7. The molecule has 3 heterocycles. The molecule has 1 spiro atoms. The number of ether oxygens (including phenoxy) is 3. The summed E-state index contributed by atoms with van der Waals surface area (Å²) in [5.74, 6) is 0.0705. The lowest BCUT2D eigenvalue weighted by atomic mass is 9.77. The second-order valence-corrected chi connectivity index (χ2v) is 8.15. The Morgan fingerprint density at radius 3 is 2.81 bits per heavy atom. The maximum atomic E-state index is 13.5. The highest BCUT2D eigenvalue weighted by Gasteiger charge is 2.41. The van der Waals surface area contributed by atoms with Crippen molar-refractivity contribution in [2.24, 2.45) is 0 Å². The predicted molar refractivity (Wildman–Crippen MR) is 99.8 cm³/mol. The molecule has 0 bridgehead atoms. The van der Waals surface area contributed by atoms with Gasteiger partial charge in [-0.2, -0.15) is 5.10 Å². The van der Waals surface area contributed by atoms with Gasteiger partial charge in [-0.15, -0.1) is 0 Å². The van der Waals surface area contributed by atoms with Gasteiger partial charge in [0.15, 0.2) is 0 Å². The van der Waals surface area contributed by atoms with E-state index in [9.17, 15) is 4.79 Å². The van der Waals surface area contributed by atoms with Crippen LogP contribution in [0.1, 0.15) is 67.4 Å². The molecule has 2 fully saturated rings. The van der Waals surface area contributed by atoms with Gasteiger partial charge in [0.2, 0.25) is 0 Å². The fourth-order valence-electron chi connectivity index (χ4n) is 4.59. The largest absolute Gasteiger partial charge is 0.383 e. The SMILES string of the molecule is COCCn1nc2c(c1C(=O)N1CCOC3(CCC3)CC1)C[C@H](C)O[C@@H]2C. The molecular formula is C20H31N3O4. The lowest BCUT2D eigenvalue weighted by Gasteiger charge is -2.40. The van der Waals surface area contributed by atoms with Crippen LogP contribution < -0.4 is 0 Å². The van der Waals surface area contributed by atoms with E-state index in [0.717, 1.165) is 43.5 Å². The van der Waals surface area contributed by atoms with E-state index in [1.807, 2.05) is 16.5 Å². The number of carbonyl (C=O) groups is 1. The third-order valence-corrected chi connectivity index (χ3v) is 6.26. The summed E-state index contributed by atoms with van der Waals surface area (Å²) < 4.78 is 19.1. The van der Waals surface area contributed by atoms with Crippen molar-refractivity contribution >= 4 is 5.91 Å². The van der Waals surface area contributed by atoms with Gasteiger partial charge in [0.1, 0.15) is 5.69 Å².